The molecule has 6 saturated heterocycles. The third-order valence-corrected chi connectivity index (χ3v) is 28.0. The van der Waals surface area contributed by atoms with Gasteiger partial charge in [-0.3, -0.25) is 4.79 Å². The maximum atomic E-state index is 13.1. The topological polar surface area (TPSA) is 168 Å². The van der Waals surface area contributed by atoms with Crippen LogP contribution in [-0.2, 0) is 64.1 Å². The molecule has 82 heavy (non-hydrogen) atoms. The molecule has 2 aromatic rings. The third-order valence-electron chi connectivity index (χ3n) is 17.7. The molecule has 0 bridgehead atoms. The predicted molar refractivity (Wildman–Crippen MR) is 326 cm³/mol. The van der Waals surface area contributed by atoms with Crippen molar-refractivity contribution in [3.8, 4) is 11.5 Å². The van der Waals surface area contributed by atoms with Gasteiger partial charge in [-0.1, -0.05) is 156 Å². The molecule has 2 N–H and O–H groups in total. The number of carbonyl (C=O) groups is 1. The largest absolute Gasteiger partial charge is 0.497 e. The Morgan fingerprint density at radius 3 is 1.62 bits per heavy atom. The number of fused-ring (bicyclic) bond motifs is 3. The fraction of sp³-hybridized carbons (Fsp3) is 0.769. The lowest BCUT2D eigenvalue weighted by Crippen LogP contribution is -2.69. The molecule has 0 aliphatic carbocycles. The first kappa shape index (κ1) is 70.2. The quantitative estimate of drug-likeness (QED) is 0.128. The van der Waals surface area contributed by atoms with Crippen LogP contribution in [0.15, 0.2) is 61.2 Å². The molecule has 8 rings (SSSR count). The minimum absolute atomic E-state index is 0. The van der Waals surface area contributed by atoms with Crippen molar-refractivity contribution in [3.63, 3.8) is 0 Å². The van der Waals surface area contributed by atoms with Gasteiger partial charge in [-0.25, -0.2) is 0 Å². The summed E-state index contributed by atoms with van der Waals surface area (Å²) in [5, 5.41) is 21.8. The maximum absolute atomic E-state index is 13.1. The summed E-state index contributed by atoms with van der Waals surface area (Å²) in [5.41, 5.74) is 2.04. The number of carbonyl (C=O) groups excluding carboxylic acids is 1. The molecule has 17 heteroatoms. The molecule has 1 spiro atoms. The highest BCUT2D eigenvalue weighted by atomic mass is 28.4. The number of rotatable bonds is 15. The molecular weight excluding hydrogens is 1080 g/mol. The summed E-state index contributed by atoms with van der Waals surface area (Å²) in [6, 6.07) is 15.5. The van der Waals surface area contributed by atoms with Crippen molar-refractivity contribution < 1.29 is 70.6 Å². The molecule has 15 nitrogen and oxygen atoms in total. The van der Waals surface area contributed by atoms with Gasteiger partial charge in [-0.15, -0.1) is 6.58 Å². The SMILES string of the molecule is C.C.C=C[C@@H](OCc1ccc(OC)cc1)[C@@H](C)CC(=O)C[C@H](C)[C@@H]1O[C@@H]2CO[Si](C(C)(C)C)(C(C)(C)C)O[C@@H]2C[C@@H]1O.COc1ccc(CO[C@@H]2C(O)O[C@]3(C[C@H](C)[C@@H]4O[C@@H]5CO[Si](C(C)(C)C)(C(C)(C)C)O[C@@H]5C[C@@H]4O3)C[C@@H]2C)cc1. The fourth-order valence-electron chi connectivity index (χ4n) is 14.1. The Kier molecular flexibility index (Phi) is 23.6. The van der Waals surface area contributed by atoms with E-state index in [1.54, 1.807) is 20.3 Å². The van der Waals surface area contributed by atoms with Gasteiger partial charge in [-0.05, 0) is 59.1 Å². The smallest absolute Gasteiger partial charge is 0.349 e. The normalized spacial score (nSPS) is 32.7. The number of benzene rings is 2. The van der Waals surface area contributed by atoms with Crippen LogP contribution in [0.2, 0.25) is 20.2 Å². The highest BCUT2D eigenvalue weighted by Gasteiger charge is 2.66. The molecule has 0 amide bonds. The first-order chi connectivity index (χ1) is 37.3. The number of Topliss-reactive ketones (excluding diaryl/α,β-unsaturated/α-hetero) is 1. The molecule has 0 radical (unpaired) electrons. The third kappa shape index (κ3) is 15.4. The van der Waals surface area contributed by atoms with Crippen LogP contribution < -0.4 is 9.47 Å². The Labute approximate surface area is 496 Å². The van der Waals surface area contributed by atoms with Gasteiger partial charge < -0.3 is 65.8 Å². The second-order valence-electron chi connectivity index (χ2n) is 28.3. The molecule has 6 fully saturated rings. The molecule has 0 saturated carbocycles. The van der Waals surface area contributed by atoms with Crippen LogP contribution in [0.4, 0.5) is 0 Å². The number of aliphatic hydroxyl groups is 2. The molecule has 6 heterocycles. The van der Waals surface area contributed by atoms with E-state index < -0.39 is 47.5 Å². The van der Waals surface area contributed by atoms with Crippen LogP contribution in [0.3, 0.4) is 0 Å². The lowest BCUT2D eigenvalue weighted by Gasteiger charge is -2.59. The Hall–Kier alpha value is -2.60. The lowest BCUT2D eigenvalue weighted by molar-refractivity contribution is -0.405. The van der Waals surface area contributed by atoms with Crippen LogP contribution in [0.1, 0.15) is 175 Å². The van der Waals surface area contributed by atoms with Crippen LogP contribution in [0.5, 0.6) is 11.5 Å². The van der Waals surface area contributed by atoms with E-state index in [4.69, 9.17) is 55.6 Å². The minimum atomic E-state index is -2.64. The van der Waals surface area contributed by atoms with Crippen molar-refractivity contribution in [1.29, 1.82) is 0 Å². The molecule has 1 unspecified atom stereocenters. The summed E-state index contributed by atoms with van der Waals surface area (Å²) in [6.07, 6.45) is 1.22. The van der Waals surface area contributed by atoms with Crippen molar-refractivity contribution >= 4 is 22.9 Å². The van der Waals surface area contributed by atoms with Crippen molar-refractivity contribution in [2.45, 2.75) is 271 Å². The number of ether oxygens (including phenoxy) is 8. The standard InChI is InChI=1S/C32H52O7Si.C31H50O8Si.2CH4/c1-11-27(36-19-23-12-14-25(35-10)15-13-23)21(2)16-24(33)17-22(3)30-26(34)18-28-29(38-30)20-37-40(39-28,31(4,5)6)32(7,8)9;1-19-15-31(16-20(2)27(28(32)38-31)34-17-21-10-12-22(33-9)13-11-21)37-24-14-23-25(36-26(19)24)18-35-40(39-23,29(3,4)5)30(6,7)8;;/h11-15,21-22,26-30,34H,1,16-20H2,2-10H3;10-13,19-20,23-28,32H,14-18H2,1-9H3;2*1H4/t21-,22-,26-,27+,28+,29+,30-;19-,20-,23+,24-,25+,26-,27-,28?,31+;;/m00../s1. The van der Waals surface area contributed by atoms with E-state index in [1.165, 1.54) is 0 Å². The average molecular weight is 1190 g/mol. The van der Waals surface area contributed by atoms with Gasteiger partial charge in [0.15, 0.2) is 12.1 Å². The van der Waals surface area contributed by atoms with Crippen LogP contribution in [-0.4, -0.2) is 134 Å². The zero-order valence-corrected chi connectivity index (χ0v) is 53.8. The predicted octanol–water partition coefficient (Wildman–Crippen LogP) is 13.3. The Balaban J connectivity index is 0.000000293. The van der Waals surface area contributed by atoms with Gasteiger partial charge in [0.05, 0.1) is 83.4 Å². The highest BCUT2D eigenvalue weighted by molar-refractivity contribution is 6.74. The van der Waals surface area contributed by atoms with Gasteiger partial charge in [0.1, 0.15) is 35.6 Å². The lowest BCUT2D eigenvalue weighted by atomic mass is 9.79. The second kappa shape index (κ2) is 27.6. The van der Waals surface area contributed by atoms with Crippen molar-refractivity contribution in [3.05, 3.63) is 72.3 Å². The summed E-state index contributed by atoms with van der Waals surface area (Å²) in [6.45, 7) is 40.6. The van der Waals surface area contributed by atoms with Crippen LogP contribution >= 0.6 is 0 Å². The Morgan fingerprint density at radius 2 is 1.15 bits per heavy atom. The van der Waals surface area contributed by atoms with Gasteiger partial charge in [0.25, 0.3) is 0 Å². The minimum Gasteiger partial charge on any atom is -0.497 e. The van der Waals surface area contributed by atoms with Crippen molar-refractivity contribution in [2.24, 2.45) is 23.7 Å². The first-order valence-corrected chi connectivity index (χ1v) is 33.2. The number of hydrogen-bond donors (Lipinski definition) is 2. The Bertz CT molecular complexity index is 2280. The molecule has 16 atom stereocenters. The Morgan fingerprint density at radius 1 is 0.671 bits per heavy atom. The highest BCUT2D eigenvalue weighted by Crippen LogP contribution is 2.58. The van der Waals surface area contributed by atoms with E-state index in [1.807, 2.05) is 62.4 Å². The van der Waals surface area contributed by atoms with E-state index in [-0.39, 0.29) is 107 Å². The zero-order valence-electron chi connectivity index (χ0n) is 51.8. The fourth-order valence-corrected chi connectivity index (χ4v) is 24.0. The molecular formula is C65H110O15Si2. The first-order valence-electron chi connectivity index (χ1n) is 29.6. The van der Waals surface area contributed by atoms with E-state index in [0.29, 0.717) is 58.5 Å². The van der Waals surface area contributed by atoms with E-state index in [9.17, 15) is 15.0 Å². The van der Waals surface area contributed by atoms with Gasteiger partial charge in [0.2, 0.25) is 0 Å². The van der Waals surface area contributed by atoms with E-state index in [2.05, 4.69) is 104 Å². The van der Waals surface area contributed by atoms with E-state index in [0.717, 1.165) is 29.0 Å². The number of aliphatic hydroxyl groups excluding tert-OH is 2. The summed E-state index contributed by atoms with van der Waals surface area (Å²) in [4.78, 5) is 13.1. The summed E-state index contributed by atoms with van der Waals surface area (Å²) in [7, 11) is -1.97. The van der Waals surface area contributed by atoms with Gasteiger partial charge >= 0.3 is 17.1 Å². The summed E-state index contributed by atoms with van der Waals surface area (Å²) < 4.78 is 75.8. The maximum Gasteiger partial charge on any atom is 0.349 e. The molecule has 6 aliphatic rings. The zero-order chi connectivity index (χ0) is 59.0. The second-order valence-corrected chi connectivity index (χ2v) is 37.8. The number of ketones is 1. The molecule has 468 valence electrons. The summed E-state index contributed by atoms with van der Waals surface area (Å²) >= 11 is 0. The molecule has 0 aromatic heterocycles. The van der Waals surface area contributed by atoms with Crippen LogP contribution in [0, 0.1) is 23.7 Å². The number of methoxy groups -OCH3 is 2. The number of hydrogen-bond acceptors (Lipinski definition) is 15. The van der Waals surface area contributed by atoms with Gasteiger partial charge in [0, 0.05) is 58.7 Å². The van der Waals surface area contributed by atoms with Gasteiger partial charge in [-0.2, -0.15) is 0 Å². The van der Waals surface area contributed by atoms with E-state index >= 15 is 0 Å². The van der Waals surface area contributed by atoms with Crippen molar-refractivity contribution in [2.75, 3.05) is 27.4 Å². The van der Waals surface area contributed by atoms with Crippen LogP contribution in [0.25, 0.3) is 0 Å². The summed E-state index contributed by atoms with van der Waals surface area (Å²) in [5.74, 6) is 0.944. The monoisotopic (exact) mass is 1190 g/mol. The average Bonchev–Trinajstić information content (AvgIpc) is 2.36. The molecule has 6 aliphatic heterocycles. The molecule has 2 aromatic carbocycles. The van der Waals surface area contributed by atoms with Crippen molar-refractivity contribution in [1.82, 2.24) is 0 Å².